The first-order valence-corrected chi connectivity index (χ1v) is 13.9. The highest BCUT2D eigenvalue weighted by Crippen LogP contribution is 2.09. The summed E-state index contributed by atoms with van der Waals surface area (Å²) in [6, 6.07) is -1.71. The molecule has 0 saturated heterocycles. The number of carbonyl (C=O) groups is 5. The van der Waals surface area contributed by atoms with Crippen molar-refractivity contribution in [1.82, 2.24) is 26.6 Å². The minimum Gasteiger partial charge on any atom is -0.444 e. The third-order valence-electron chi connectivity index (χ3n) is 4.77. The van der Waals surface area contributed by atoms with Gasteiger partial charge in [0, 0.05) is 26.2 Å². The lowest BCUT2D eigenvalue weighted by Crippen LogP contribution is -2.50. The maximum atomic E-state index is 12.8. The first kappa shape index (κ1) is 37.7. The summed E-state index contributed by atoms with van der Waals surface area (Å²) in [5.74, 6) is -0.834. The minimum atomic E-state index is -0.934. The van der Waals surface area contributed by atoms with Gasteiger partial charge in [-0.25, -0.2) is 14.4 Å². The molecule has 0 aromatic rings. The van der Waals surface area contributed by atoms with Gasteiger partial charge in [-0.2, -0.15) is 0 Å². The molecule has 0 unspecified atom stereocenters. The average Bonchev–Trinajstić information content (AvgIpc) is 2.77. The second-order valence-corrected chi connectivity index (χ2v) is 12.5. The van der Waals surface area contributed by atoms with Crippen molar-refractivity contribution in [3.05, 3.63) is 0 Å². The van der Waals surface area contributed by atoms with Crippen molar-refractivity contribution in [2.24, 2.45) is 5.73 Å². The molecule has 0 aliphatic heterocycles. The normalized spacial score (nSPS) is 13.2. The molecule has 0 aromatic carbocycles. The molecule has 238 valence electrons. The van der Waals surface area contributed by atoms with E-state index in [2.05, 4.69) is 26.6 Å². The Morgan fingerprint density at radius 2 is 0.951 bits per heavy atom. The van der Waals surface area contributed by atoms with Crippen LogP contribution in [0.2, 0.25) is 0 Å². The lowest BCUT2D eigenvalue weighted by Gasteiger charge is -2.23. The van der Waals surface area contributed by atoms with Crippen LogP contribution in [0.1, 0.15) is 88.0 Å². The van der Waals surface area contributed by atoms with Gasteiger partial charge in [-0.15, -0.1) is 0 Å². The number of rotatable bonds is 14. The van der Waals surface area contributed by atoms with Crippen LogP contribution in [-0.2, 0) is 23.8 Å². The number of hydrogen-bond acceptors (Lipinski definition) is 9. The van der Waals surface area contributed by atoms with Crippen molar-refractivity contribution in [2.75, 3.05) is 26.2 Å². The monoisotopic (exact) mass is 588 g/mol. The third-order valence-corrected chi connectivity index (χ3v) is 4.77. The van der Waals surface area contributed by atoms with E-state index in [4.69, 9.17) is 19.9 Å². The van der Waals surface area contributed by atoms with Crippen LogP contribution in [0, 0.1) is 0 Å². The summed E-state index contributed by atoms with van der Waals surface area (Å²) in [4.78, 5) is 60.8. The van der Waals surface area contributed by atoms with Gasteiger partial charge in [-0.1, -0.05) is 0 Å². The molecular weight excluding hydrogens is 536 g/mol. The Morgan fingerprint density at radius 1 is 0.561 bits per heavy atom. The summed E-state index contributed by atoms with van der Waals surface area (Å²) in [6.45, 7) is 16.4. The zero-order valence-corrected chi connectivity index (χ0v) is 26.2. The molecule has 5 amide bonds. The van der Waals surface area contributed by atoms with Gasteiger partial charge < -0.3 is 46.5 Å². The van der Waals surface area contributed by atoms with Crippen LogP contribution in [0.3, 0.4) is 0 Å². The molecule has 0 bridgehead atoms. The summed E-state index contributed by atoms with van der Waals surface area (Å²) >= 11 is 0. The molecule has 0 rings (SSSR count). The number of nitrogens with two attached hydrogens (primary N) is 1. The molecule has 0 radical (unpaired) electrons. The molecule has 0 aromatic heterocycles. The van der Waals surface area contributed by atoms with Gasteiger partial charge in [0.2, 0.25) is 11.8 Å². The first-order valence-electron chi connectivity index (χ1n) is 13.9. The van der Waals surface area contributed by atoms with Crippen molar-refractivity contribution in [3.63, 3.8) is 0 Å². The molecule has 14 nitrogen and oxygen atoms in total. The Labute approximate surface area is 243 Å². The van der Waals surface area contributed by atoms with Crippen molar-refractivity contribution >= 4 is 30.1 Å². The number of alkyl carbamates (subject to hydrolysis) is 3. The second-order valence-electron chi connectivity index (χ2n) is 12.5. The zero-order chi connectivity index (χ0) is 31.9. The van der Waals surface area contributed by atoms with Gasteiger partial charge in [0.1, 0.15) is 22.8 Å². The SMILES string of the molecule is CC(C)(C)OC(=O)NCCC[C@@H](N)C(=O)NCCC[C@H](NC(=O)OC(C)(C)C)C(=O)NCCNC(=O)OC(C)(C)C. The molecule has 0 aliphatic rings. The van der Waals surface area contributed by atoms with Crippen LogP contribution in [-0.4, -0.2) is 85.2 Å². The van der Waals surface area contributed by atoms with E-state index >= 15 is 0 Å². The van der Waals surface area contributed by atoms with Crippen molar-refractivity contribution in [1.29, 1.82) is 0 Å². The van der Waals surface area contributed by atoms with Crippen molar-refractivity contribution in [2.45, 2.75) is 117 Å². The number of nitrogens with one attached hydrogen (secondary N) is 5. The molecule has 0 aliphatic carbocycles. The van der Waals surface area contributed by atoms with E-state index in [-0.39, 0.29) is 32.0 Å². The van der Waals surface area contributed by atoms with Crippen LogP contribution in [0.5, 0.6) is 0 Å². The highest BCUT2D eigenvalue weighted by molar-refractivity contribution is 5.85. The highest BCUT2D eigenvalue weighted by Gasteiger charge is 2.24. The third kappa shape index (κ3) is 22.1. The number of ether oxygens (including phenoxy) is 3. The fourth-order valence-electron chi connectivity index (χ4n) is 3.11. The minimum absolute atomic E-state index is 0.110. The Bertz CT molecular complexity index is 861. The molecule has 0 heterocycles. The van der Waals surface area contributed by atoms with Crippen LogP contribution in [0.15, 0.2) is 0 Å². The Balaban J connectivity index is 4.63. The molecular formula is C27H52N6O8. The summed E-state index contributed by atoms with van der Waals surface area (Å²) in [7, 11) is 0. The fraction of sp³-hybridized carbons (Fsp3) is 0.815. The standard InChI is InChI=1S/C27H52N6O8/c1-25(2,3)39-22(36)31-15-10-12-18(28)20(34)29-14-11-13-19(33-24(38)41-27(7,8)9)21(35)30-16-17-32-23(37)40-26(4,5)6/h18-19H,10-17,28H2,1-9H3,(H,29,34)(H,30,35)(H,31,36)(H,32,37)(H,33,38)/t18-,19+/m1/s1. The van der Waals surface area contributed by atoms with Crippen LogP contribution < -0.4 is 32.3 Å². The van der Waals surface area contributed by atoms with E-state index < -0.39 is 53.1 Å². The second kappa shape index (κ2) is 17.5. The number of hydrogen-bond donors (Lipinski definition) is 6. The molecule has 41 heavy (non-hydrogen) atoms. The average molecular weight is 589 g/mol. The summed E-state index contributed by atoms with van der Waals surface area (Å²) in [5, 5.41) is 13.1. The van der Waals surface area contributed by atoms with E-state index in [0.717, 1.165) is 0 Å². The Morgan fingerprint density at radius 3 is 1.46 bits per heavy atom. The van der Waals surface area contributed by atoms with E-state index in [1.54, 1.807) is 62.3 Å². The van der Waals surface area contributed by atoms with E-state index in [9.17, 15) is 24.0 Å². The van der Waals surface area contributed by atoms with Gasteiger partial charge in [0.15, 0.2) is 0 Å². The lowest BCUT2D eigenvalue weighted by molar-refractivity contribution is -0.123. The molecule has 14 heteroatoms. The smallest absolute Gasteiger partial charge is 0.408 e. The van der Waals surface area contributed by atoms with E-state index in [1.165, 1.54) is 0 Å². The quantitative estimate of drug-likeness (QED) is 0.130. The predicted octanol–water partition coefficient (Wildman–Crippen LogP) is 2.05. The van der Waals surface area contributed by atoms with E-state index in [0.29, 0.717) is 25.8 Å². The van der Waals surface area contributed by atoms with Gasteiger partial charge in [-0.3, -0.25) is 9.59 Å². The summed E-state index contributed by atoms with van der Waals surface area (Å²) in [5.41, 5.74) is 3.95. The van der Waals surface area contributed by atoms with Gasteiger partial charge in [-0.05, 0) is 88.0 Å². The number of carbonyl (C=O) groups excluding carboxylic acids is 5. The lowest BCUT2D eigenvalue weighted by atomic mass is 10.1. The molecule has 0 saturated carbocycles. The van der Waals surface area contributed by atoms with Crippen LogP contribution in [0.4, 0.5) is 14.4 Å². The van der Waals surface area contributed by atoms with Crippen LogP contribution in [0.25, 0.3) is 0 Å². The highest BCUT2D eigenvalue weighted by atomic mass is 16.6. The first-order chi connectivity index (χ1) is 18.7. The predicted molar refractivity (Wildman–Crippen MR) is 154 cm³/mol. The maximum Gasteiger partial charge on any atom is 0.408 e. The number of amides is 5. The molecule has 7 N–H and O–H groups in total. The Kier molecular flexibility index (Phi) is 16.1. The van der Waals surface area contributed by atoms with Gasteiger partial charge >= 0.3 is 18.3 Å². The van der Waals surface area contributed by atoms with Gasteiger partial charge in [0.05, 0.1) is 6.04 Å². The molecule has 2 atom stereocenters. The Hall–Kier alpha value is -3.29. The van der Waals surface area contributed by atoms with Crippen molar-refractivity contribution < 1.29 is 38.2 Å². The fourth-order valence-corrected chi connectivity index (χ4v) is 3.11. The van der Waals surface area contributed by atoms with Gasteiger partial charge in [0.25, 0.3) is 0 Å². The largest absolute Gasteiger partial charge is 0.444 e. The topological polar surface area (TPSA) is 199 Å². The summed E-state index contributed by atoms with van der Waals surface area (Å²) < 4.78 is 15.6. The maximum absolute atomic E-state index is 12.8. The molecule has 0 fully saturated rings. The van der Waals surface area contributed by atoms with E-state index in [1.807, 2.05) is 0 Å². The molecule has 0 spiro atoms. The van der Waals surface area contributed by atoms with Crippen LogP contribution >= 0.6 is 0 Å². The van der Waals surface area contributed by atoms with Crippen molar-refractivity contribution in [3.8, 4) is 0 Å². The zero-order valence-electron chi connectivity index (χ0n) is 26.2. The summed E-state index contributed by atoms with van der Waals surface area (Å²) in [6.07, 6.45) is -0.488.